The van der Waals surface area contributed by atoms with Crippen LogP contribution in [0, 0.1) is 0 Å². The van der Waals surface area contributed by atoms with Crippen molar-refractivity contribution in [3.05, 3.63) is 259 Å². The van der Waals surface area contributed by atoms with E-state index in [9.17, 15) is 0 Å². The number of rotatable bonds is 7. The molecule has 9 aromatic carbocycles. The molecule has 0 saturated carbocycles. The van der Waals surface area contributed by atoms with Gasteiger partial charge >= 0.3 is 0 Å². The van der Waals surface area contributed by atoms with Gasteiger partial charge in [-0.2, -0.15) is 0 Å². The van der Waals surface area contributed by atoms with E-state index in [2.05, 4.69) is 205 Å². The highest BCUT2D eigenvalue weighted by atomic mass is 14.9. The van der Waals surface area contributed by atoms with Crippen LogP contribution in [0.2, 0.25) is 0 Å². The fourth-order valence-corrected chi connectivity index (χ4v) is 10.0. The summed E-state index contributed by atoms with van der Waals surface area (Å²) in [6.45, 7) is 0. The van der Waals surface area contributed by atoms with Crippen molar-refractivity contribution in [2.75, 3.05) is 0 Å². The highest BCUT2D eigenvalue weighted by molar-refractivity contribution is 6.07. The van der Waals surface area contributed by atoms with E-state index in [-0.39, 0.29) is 0 Å². The van der Waals surface area contributed by atoms with Gasteiger partial charge in [-0.05, 0) is 101 Å². The molecular weight excluding hydrogens is 763 g/mol. The van der Waals surface area contributed by atoms with Crippen molar-refractivity contribution in [3.8, 4) is 67.3 Å². The molecule has 0 aliphatic heterocycles. The molecule has 0 unspecified atom stereocenters. The lowest BCUT2D eigenvalue weighted by Gasteiger charge is -2.35. The van der Waals surface area contributed by atoms with Crippen LogP contribution in [0.4, 0.5) is 0 Å². The van der Waals surface area contributed by atoms with E-state index in [0.717, 1.165) is 44.6 Å². The van der Waals surface area contributed by atoms with Gasteiger partial charge in [0.15, 0.2) is 5.82 Å². The van der Waals surface area contributed by atoms with Crippen molar-refractivity contribution >= 4 is 21.5 Å². The molecule has 11 aromatic rings. The Labute approximate surface area is 366 Å². The Bertz CT molecular complexity index is 3430. The van der Waals surface area contributed by atoms with Gasteiger partial charge in [0.2, 0.25) is 0 Å². The smallest absolute Gasteiger partial charge is 0.160 e. The van der Waals surface area contributed by atoms with Crippen LogP contribution in [0.15, 0.2) is 237 Å². The van der Waals surface area contributed by atoms with Crippen molar-refractivity contribution in [1.82, 2.24) is 15.0 Å². The van der Waals surface area contributed by atoms with Gasteiger partial charge in [-0.3, -0.25) is 4.98 Å². The van der Waals surface area contributed by atoms with Gasteiger partial charge in [0, 0.05) is 29.1 Å². The molecule has 2 heterocycles. The normalized spacial score (nSPS) is 12.6. The maximum Gasteiger partial charge on any atom is 0.160 e. The fourth-order valence-electron chi connectivity index (χ4n) is 10.0. The third kappa shape index (κ3) is 6.01. The highest BCUT2D eigenvalue weighted by Gasteiger charge is 2.48. The first kappa shape index (κ1) is 36.6. The van der Waals surface area contributed by atoms with Crippen LogP contribution in [0.3, 0.4) is 0 Å². The second-order valence-electron chi connectivity index (χ2n) is 16.3. The van der Waals surface area contributed by atoms with E-state index in [0.29, 0.717) is 5.82 Å². The van der Waals surface area contributed by atoms with E-state index >= 15 is 0 Å². The average Bonchev–Trinajstić information content (AvgIpc) is 3.66. The Balaban J connectivity index is 1.09. The molecule has 0 radical (unpaired) electrons. The van der Waals surface area contributed by atoms with Crippen molar-refractivity contribution in [2.24, 2.45) is 0 Å². The van der Waals surface area contributed by atoms with E-state index in [1.54, 1.807) is 6.20 Å². The van der Waals surface area contributed by atoms with Gasteiger partial charge in [0.05, 0.1) is 16.8 Å². The van der Waals surface area contributed by atoms with Crippen molar-refractivity contribution in [3.63, 3.8) is 0 Å². The summed E-state index contributed by atoms with van der Waals surface area (Å²) in [5, 5.41) is 4.78. The number of aromatic nitrogens is 3. The predicted molar refractivity (Wildman–Crippen MR) is 259 cm³/mol. The maximum atomic E-state index is 5.31. The predicted octanol–water partition coefficient (Wildman–Crippen LogP) is 14.9. The Morgan fingerprint density at radius 2 is 0.889 bits per heavy atom. The summed E-state index contributed by atoms with van der Waals surface area (Å²) in [6.07, 6.45) is 3.70. The van der Waals surface area contributed by atoms with Gasteiger partial charge in [0.1, 0.15) is 0 Å². The zero-order valence-corrected chi connectivity index (χ0v) is 34.4. The molecular formula is C60H39N3. The van der Waals surface area contributed by atoms with Crippen LogP contribution in [-0.4, -0.2) is 15.0 Å². The van der Waals surface area contributed by atoms with E-state index in [1.807, 2.05) is 30.5 Å². The van der Waals surface area contributed by atoms with Crippen LogP contribution in [-0.2, 0) is 5.41 Å². The molecule has 0 saturated heterocycles. The molecule has 0 N–H and O–H groups in total. The summed E-state index contributed by atoms with van der Waals surface area (Å²) >= 11 is 0. The zero-order valence-electron chi connectivity index (χ0n) is 34.4. The van der Waals surface area contributed by atoms with Gasteiger partial charge in [0.25, 0.3) is 0 Å². The number of fused-ring (bicyclic) bond motifs is 5. The Morgan fingerprint density at radius 1 is 0.333 bits per heavy atom. The maximum absolute atomic E-state index is 5.31. The van der Waals surface area contributed by atoms with E-state index in [1.165, 1.54) is 60.7 Å². The molecule has 12 rings (SSSR count). The average molecular weight is 802 g/mol. The zero-order chi connectivity index (χ0) is 41.7. The lowest BCUT2D eigenvalue weighted by atomic mass is 9.66. The van der Waals surface area contributed by atoms with E-state index in [4.69, 9.17) is 9.97 Å². The second-order valence-corrected chi connectivity index (χ2v) is 16.3. The molecule has 0 atom stereocenters. The molecule has 2 aromatic heterocycles. The van der Waals surface area contributed by atoms with Crippen molar-refractivity contribution < 1.29 is 0 Å². The Morgan fingerprint density at radius 3 is 1.57 bits per heavy atom. The molecule has 1 aliphatic rings. The molecule has 0 amide bonds. The lowest BCUT2D eigenvalue weighted by molar-refractivity contribution is 0.771. The summed E-state index contributed by atoms with van der Waals surface area (Å²) in [4.78, 5) is 14.8. The number of hydrogen-bond donors (Lipinski definition) is 0. The molecule has 0 bridgehead atoms. The minimum atomic E-state index is -0.577. The molecule has 294 valence electrons. The van der Waals surface area contributed by atoms with Crippen molar-refractivity contribution in [1.29, 1.82) is 0 Å². The van der Waals surface area contributed by atoms with Crippen LogP contribution in [0.1, 0.15) is 22.3 Å². The number of nitrogens with zero attached hydrogens (tertiary/aromatic N) is 3. The van der Waals surface area contributed by atoms with Crippen LogP contribution in [0.5, 0.6) is 0 Å². The van der Waals surface area contributed by atoms with Gasteiger partial charge in [-0.15, -0.1) is 0 Å². The minimum absolute atomic E-state index is 0.577. The lowest BCUT2D eigenvalue weighted by Crippen LogP contribution is -2.29. The molecule has 0 fully saturated rings. The summed E-state index contributed by atoms with van der Waals surface area (Å²) in [7, 11) is 0. The Kier molecular flexibility index (Phi) is 8.72. The molecule has 3 heteroatoms. The van der Waals surface area contributed by atoms with Gasteiger partial charge in [-0.1, -0.05) is 200 Å². The van der Waals surface area contributed by atoms with Crippen LogP contribution >= 0.6 is 0 Å². The summed E-state index contributed by atoms with van der Waals surface area (Å²) in [5.41, 5.74) is 16.4. The first-order valence-electron chi connectivity index (χ1n) is 21.5. The van der Waals surface area contributed by atoms with E-state index < -0.39 is 5.41 Å². The third-order valence-corrected chi connectivity index (χ3v) is 12.9. The van der Waals surface area contributed by atoms with Crippen LogP contribution in [0.25, 0.3) is 88.8 Å². The Hall–Kier alpha value is -8.27. The summed E-state index contributed by atoms with van der Waals surface area (Å²) in [6, 6.07) is 81.2. The van der Waals surface area contributed by atoms with Crippen molar-refractivity contribution in [2.45, 2.75) is 5.41 Å². The number of pyridine rings is 1. The summed E-state index contributed by atoms with van der Waals surface area (Å²) in [5.74, 6) is 0.689. The fraction of sp³-hybridized carbons (Fsp3) is 0.0167. The molecule has 3 nitrogen and oxygen atoms in total. The number of benzene rings is 9. The first-order valence-corrected chi connectivity index (χ1v) is 21.5. The monoisotopic (exact) mass is 801 g/mol. The highest BCUT2D eigenvalue weighted by Crippen LogP contribution is 2.60. The quantitative estimate of drug-likeness (QED) is 0.161. The molecule has 63 heavy (non-hydrogen) atoms. The number of hydrogen-bond acceptors (Lipinski definition) is 3. The molecule has 0 spiro atoms. The standard InChI is InChI=1S/C60H39N3/c1-4-16-42(17-5-1)59-62-56(41-31-29-40(30-32-41)45-20-15-35-61-39-45)38-57(63-59)51-34-33-50(48-25-12-13-26-49(48)51)52-27-14-28-53-54-36-43-18-10-11-19-44(43)37-55(54)60(58(52)53,46-21-6-2-7-22-46)47-23-8-3-9-24-47/h1-39H. The van der Waals surface area contributed by atoms with Gasteiger partial charge in [-0.25, -0.2) is 9.97 Å². The third-order valence-electron chi connectivity index (χ3n) is 12.9. The first-order chi connectivity index (χ1) is 31.2. The summed E-state index contributed by atoms with van der Waals surface area (Å²) < 4.78 is 0. The largest absolute Gasteiger partial charge is 0.264 e. The topological polar surface area (TPSA) is 38.7 Å². The van der Waals surface area contributed by atoms with Gasteiger partial charge < -0.3 is 0 Å². The minimum Gasteiger partial charge on any atom is -0.264 e. The molecule has 1 aliphatic carbocycles. The second kappa shape index (κ2) is 15.0. The SMILES string of the molecule is c1ccc(-c2nc(-c3ccc(-c4cccnc4)cc3)cc(-c3ccc(-c4cccc5c4C(c4ccccc4)(c4ccccc4)c4cc6ccccc6cc4-5)c4ccccc34)n2)cc1. The van der Waals surface area contributed by atoms with Crippen LogP contribution < -0.4 is 0 Å².